The van der Waals surface area contributed by atoms with E-state index in [1.807, 2.05) is 25.1 Å². The maximum absolute atomic E-state index is 13.6. The van der Waals surface area contributed by atoms with E-state index in [9.17, 15) is 4.39 Å². The van der Waals surface area contributed by atoms with Gasteiger partial charge in [0.25, 0.3) is 0 Å². The van der Waals surface area contributed by atoms with Crippen molar-refractivity contribution in [3.8, 4) is 17.2 Å². The van der Waals surface area contributed by atoms with E-state index in [1.54, 1.807) is 20.3 Å². The first-order valence-corrected chi connectivity index (χ1v) is 7.96. The lowest BCUT2D eigenvalue weighted by Gasteiger charge is -2.19. The minimum Gasteiger partial charge on any atom is -0.496 e. The molecule has 0 radical (unpaired) electrons. The molecule has 0 aliphatic carbocycles. The number of rotatable bonds is 8. The molecule has 0 aliphatic heterocycles. The van der Waals surface area contributed by atoms with Crippen molar-refractivity contribution in [2.24, 2.45) is 5.73 Å². The normalized spacial score (nSPS) is 11.9. The Morgan fingerprint density at radius 1 is 1.00 bits per heavy atom. The highest BCUT2D eigenvalue weighted by atomic mass is 19.1. The molecule has 0 heterocycles. The molecule has 2 rings (SSSR count). The second-order valence-corrected chi connectivity index (χ2v) is 5.44. The van der Waals surface area contributed by atoms with E-state index in [4.69, 9.17) is 19.9 Å². The van der Waals surface area contributed by atoms with Crippen molar-refractivity contribution in [2.75, 3.05) is 27.4 Å². The summed E-state index contributed by atoms with van der Waals surface area (Å²) in [7, 11) is 3.18. The lowest BCUT2D eigenvalue weighted by molar-refractivity contribution is 0.310. The number of nitrogens with two attached hydrogens (primary N) is 1. The van der Waals surface area contributed by atoms with Crippen LogP contribution in [0.1, 0.15) is 24.0 Å². The predicted molar refractivity (Wildman–Crippen MR) is 92.6 cm³/mol. The van der Waals surface area contributed by atoms with Gasteiger partial charge in [-0.25, -0.2) is 4.39 Å². The fourth-order valence-corrected chi connectivity index (χ4v) is 2.74. The van der Waals surface area contributed by atoms with E-state index < -0.39 is 0 Å². The second kappa shape index (κ2) is 8.55. The van der Waals surface area contributed by atoms with Crippen molar-refractivity contribution in [2.45, 2.75) is 19.3 Å². The summed E-state index contributed by atoms with van der Waals surface area (Å²) in [6.07, 6.45) is 0.652. The van der Waals surface area contributed by atoms with E-state index in [0.717, 1.165) is 11.1 Å². The van der Waals surface area contributed by atoms with E-state index in [-0.39, 0.29) is 11.7 Å². The number of benzene rings is 2. The summed E-state index contributed by atoms with van der Waals surface area (Å²) in [4.78, 5) is 0. The highest BCUT2D eigenvalue weighted by molar-refractivity contribution is 5.44. The molecule has 5 heteroatoms. The van der Waals surface area contributed by atoms with Crippen molar-refractivity contribution >= 4 is 0 Å². The molecule has 1 unspecified atom stereocenters. The Labute approximate surface area is 142 Å². The Balaban J connectivity index is 2.29. The van der Waals surface area contributed by atoms with Gasteiger partial charge in [0.15, 0.2) is 11.5 Å². The van der Waals surface area contributed by atoms with Crippen LogP contribution in [0.4, 0.5) is 4.39 Å². The summed E-state index contributed by atoms with van der Waals surface area (Å²) in [5.41, 5.74) is 7.75. The van der Waals surface area contributed by atoms with Crippen LogP contribution in [0.5, 0.6) is 17.2 Å². The third kappa shape index (κ3) is 4.17. The summed E-state index contributed by atoms with van der Waals surface area (Å²) < 4.78 is 29.9. The van der Waals surface area contributed by atoms with Gasteiger partial charge in [0.1, 0.15) is 11.6 Å². The minimum absolute atomic E-state index is 0.0571. The number of hydrogen-bond donors (Lipinski definition) is 1. The zero-order valence-corrected chi connectivity index (χ0v) is 14.3. The molecule has 0 saturated heterocycles. The molecule has 130 valence electrons. The SMILES string of the molecule is CCOc1ccc(CC(CN)c2cc(F)ccc2OC)cc1OC. The molecule has 0 fully saturated rings. The molecule has 2 aromatic carbocycles. The third-order valence-electron chi connectivity index (χ3n) is 3.93. The van der Waals surface area contributed by atoms with Crippen molar-refractivity contribution in [1.82, 2.24) is 0 Å². The average Bonchev–Trinajstić information content (AvgIpc) is 2.60. The van der Waals surface area contributed by atoms with Crippen molar-refractivity contribution in [1.29, 1.82) is 0 Å². The van der Waals surface area contributed by atoms with Gasteiger partial charge in [-0.15, -0.1) is 0 Å². The highest BCUT2D eigenvalue weighted by Crippen LogP contribution is 2.33. The number of hydrogen-bond acceptors (Lipinski definition) is 4. The van der Waals surface area contributed by atoms with E-state index >= 15 is 0 Å². The van der Waals surface area contributed by atoms with Crippen molar-refractivity contribution in [3.05, 3.63) is 53.3 Å². The topological polar surface area (TPSA) is 53.7 Å². The number of halogens is 1. The van der Waals surface area contributed by atoms with E-state index in [1.165, 1.54) is 12.1 Å². The van der Waals surface area contributed by atoms with Gasteiger partial charge in [0.2, 0.25) is 0 Å². The first-order chi connectivity index (χ1) is 11.6. The Morgan fingerprint density at radius 2 is 1.71 bits per heavy atom. The van der Waals surface area contributed by atoms with Crippen LogP contribution >= 0.6 is 0 Å². The van der Waals surface area contributed by atoms with E-state index in [2.05, 4.69) is 0 Å². The fraction of sp³-hybridized carbons (Fsp3) is 0.368. The van der Waals surface area contributed by atoms with Gasteiger partial charge in [-0.05, 0) is 55.8 Å². The van der Waals surface area contributed by atoms with Crippen molar-refractivity contribution in [3.63, 3.8) is 0 Å². The maximum atomic E-state index is 13.6. The quantitative estimate of drug-likeness (QED) is 0.803. The summed E-state index contributed by atoms with van der Waals surface area (Å²) >= 11 is 0. The molecule has 2 N–H and O–H groups in total. The molecule has 2 aromatic rings. The molecular weight excluding hydrogens is 309 g/mol. The fourth-order valence-electron chi connectivity index (χ4n) is 2.74. The third-order valence-corrected chi connectivity index (χ3v) is 3.93. The van der Waals surface area contributed by atoms with E-state index in [0.29, 0.717) is 36.8 Å². The summed E-state index contributed by atoms with van der Waals surface area (Å²) in [6, 6.07) is 10.3. The monoisotopic (exact) mass is 333 g/mol. The van der Waals surface area contributed by atoms with Gasteiger partial charge >= 0.3 is 0 Å². The maximum Gasteiger partial charge on any atom is 0.161 e. The van der Waals surface area contributed by atoms with Gasteiger partial charge in [0.05, 0.1) is 20.8 Å². The molecule has 0 saturated carbocycles. The van der Waals surface area contributed by atoms with Crippen LogP contribution in [0, 0.1) is 5.82 Å². The van der Waals surface area contributed by atoms with Crippen molar-refractivity contribution < 1.29 is 18.6 Å². The van der Waals surface area contributed by atoms with Crippen LogP contribution < -0.4 is 19.9 Å². The van der Waals surface area contributed by atoms with Crippen LogP contribution in [0.15, 0.2) is 36.4 Å². The van der Waals surface area contributed by atoms with Gasteiger partial charge in [-0.2, -0.15) is 0 Å². The first kappa shape index (κ1) is 18.1. The zero-order chi connectivity index (χ0) is 17.5. The van der Waals surface area contributed by atoms with Gasteiger partial charge in [-0.3, -0.25) is 0 Å². The molecule has 0 bridgehead atoms. The highest BCUT2D eigenvalue weighted by Gasteiger charge is 2.17. The van der Waals surface area contributed by atoms with Crippen LogP contribution in [-0.4, -0.2) is 27.4 Å². The Kier molecular flexibility index (Phi) is 6.44. The molecule has 1 atom stereocenters. The number of methoxy groups -OCH3 is 2. The molecular formula is C19H24FNO3. The standard InChI is InChI=1S/C19H24FNO3/c1-4-24-18-7-5-13(10-19(18)23-3)9-14(12-21)16-11-15(20)6-8-17(16)22-2/h5-8,10-11,14H,4,9,12,21H2,1-3H3. The summed E-state index contributed by atoms with van der Waals surface area (Å²) in [5, 5.41) is 0. The Hall–Kier alpha value is -2.27. The zero-order valence-electron chi connectivity index (χ0n) is 14.3. The van der Waals surface area contributed by atoms with Crippen LogP contribution in [-0.2, 0) is 6.42 Å². The molecule has 0 aromatic heterocycles. The Morgan fingerprint density at radius 3 is 2.33 bits per heavy atom. The van der Waals surface area contributed by atoms with Crippen LogP contribution in [0.2, 0.25) is 0 Å². The second-order valence-electron chi connectivity index (χ2n) is 5.44. The smallest absolute Gasteiger partial charge is 0.161 e. The van der Waals surface area contributed by atoms with Gasteiger partial charge in [0, 0.05) is 11.5 Å². The van der Waals surface area contributed by atoms with Gasteiger partial charge in [-0.1, -0.05) is 6.07 Å². The average molecular weight is 333 g/mol. The summed E-state index contributed by atoms with van der Waals surface area (Å²) in [5.74, 6) is 1.67. The summed E-state index contributed by atoms with van der Waals surface area (Å²) in [6.45, 7) is 2.88. The minimum atomic E-state index is -0.298. The molecule has 0 amide bonds. The van der Waals surface area contributed by atoms with Crippen LogP contribution in [0.3, 0.4) is 0 Å². The Bertz CT molecular complexity index is 676. The molecule has 4 nitrogen and oxygen atoms in total. The lowest BCUT2D eigenvalue weighted by atomic mass is 9.91. The predicted octanol–water partition coefficient (Wildman–Crippen LogP) is 3.53. The molecule has 0 aliphatic rings. The lowest BCUT2D eigenvalue weighted by Crippen LogP contribution is -2.16. The molecule has 0 spiro atoms. The first-order valence-electron chi connectivity index (χ1n) is 7.96. The number of ether oxygens (including phenoxy) is 3. The molecule has 24 heavy (non-hydrogen) atoms. The largest absolute Gasteiger partial charge is 0.496 e. The van der Waals surface area contributed by atoms with Crippen LogP contribution in [0.25, 0.3) is 0 Å². The van der Waals surface area contributed by atoms with Gasteiger partial charge < -0.3 is 19.9 Å².